The Morgan fingerprint density at radius 3 is 2.86 bits per heavy atom. The lowest BCUT2D eigenvalue weighted by Gasteiger charge is -2.36. The van der Waals surface area contributed by atoms with E-state index in [9.17, 15) is 9.59 Å². The van der Waals surface area contributed by atoms with Crippen LogP contribution >= 0.6 is 0 Å². The van der Waals surface area contributed by atoms with E-state index in [1.54, 1.807) is 26.0 Å². The van der Waals surface area contributed by atoms with Crippen molar-refractivity contribution >= 4 is 11.9 Å². The van der Waals surface area contributed by atoms with Crippen molar-refractivity contribution in [3.63, 3.8) is 0 Å². The van der Waals surface area contributed by atoms with Gasteiger partial charge in [0.25, 0.3) is 0 Å². The third kappa shape index (κ3) is 0.832. The standard InChI is InChI=1S/C10H12O4/c1-9(7(11)12)4-3-6-5-10(9,2)8(13)14-6/h3-4,6H,5H2,1-2H3,(H,11,12). The van der Waals surface area contributed by atoms with Crippen molar-refractivity contribution in [2.45, 2.75) is 26.4 Å². The predicted molar refractivity (Wildman–Crippen MR) is 47.5 cm³/mol. The van der Waals surface area contributed by atoms with Crippen LogP contribution in [0.2, 0.25) is 0 Å². The first-order valence-electron chi connectivity index (χ1n) is 4.54. The number of ether oxygens (including phenoxy) is 1. The highest BCUT2D eigenvalue weighted by molar-refractivity contribution is 5.90. The molecule has 2 rings (SSSR count). The van der Waals surface area contributed by atoms with Gasteiger partial charge in [0.1, 0.15) is 6.10 Å². The normalized spacial score (nSPS) is 45.0. The maximum atomic E-state index is 11.6. The number of fused-ring (bicyclic) bond motifs is 2. The van der Waals surface area contributed by atoms with Crippen molar-refractivity contribution in [1.82, 2.24) is 0 Å². The fourth-order valence-electron chi connectivity index (χ4n) is 2.12. The van der Waals surface area contributed by atoms with Gasteiger partial charge in [-0.3, -0.25) is 9.59 Å². The molecule has 1 saturated heterocycles. The smallest absolute Gasteiger partial charge is 0.314 e. The van der Waals surface area contributed by atoms with Crippen LogP contribution in [0.5, 0.6) is 0 Å². The molecule has 1 fully saturated rings. The fraction of sp³-hybridized carbons (Fsp3) is 0.600. The van der Waals surface area contributed by atoms with Crippen LogP contribution in [0.25, 0.3) is 0 Å². The van der Waals surface area contributed by atoms with E-state index in [0.717, 1.165) is 0 Å². The van der Waals surface area contributed by atoms with Crippen LogP contribution in [0.4, 0.5) is 0 Å². The first-order chi connectivity index (χ1) is 6.40. The van der Waals surface area contributed by atoms with E-state index in [-0.39, 0.29) is 6.10 Å². The molecule has 2 aliphatic rings. The molecule has 76 valence electrons. The lowest BCUT2D eigenvalue weighted by Crippen LogP contribution is -2.46. The largest absolute Gasteiger partial charge is 0.481 e. The fourth-order valence-corrected chi connectivity index (χ4v) is 2.12. The molecule has 1 aliphatic carbocycles. The van der Waals surface area contributed by atoms with Crippen molar-refractivity contribution in [3.8, 4) is 0 Å². The lowest BCUT2D eigenvalue weighted by atomic mass is 9.61. The summed E-state index contributed by atoms with van der Waals surface area (Å²) < 4.78 is 5.04. The van der Waals surface area contributed by atoms with Gasteiger partial charge in [0.15, 0.2) is 0 Å². The number of rotatable bonds is 1. The number of hydrogen-bond donors (Lipinski definition) is 1. The third-order valence-electron chi connectivity index (χ3n) is 3.55. The molecule has 0 aromatic carbocycles. The second-order valence-corrected chi connectivity index (χ2v) is 4.35. The average molecular weight is 196 g/mol. The summed E-state index contributed by atoms with van der Waals surface area (Å²) in [6.45, 7) is 3.22. The highest BCUT2D eigenvalue weighted by Gasteiger charge is 2.61. The predicted octanol–water partition coefficient (Wildman–Crippen LogP) is 0.969. The Balaban J connectivity index is 2.54. The minimum absolute atomic E-state index is 0.236. The van der Waals surface area contributed by atoms with Gasteiger partial charge in [-0.2, -0.15) is 0 Å². The molecule has 4 heteroatoms. The molecule has 0 radical (unpaired) electrons. The molecule has 1 heterocycles. The minimum atomic E-state index is -1.14. The van der Waals surface area contributed by atoms with Gasteiger partial charge in [-0.15, -0.1) is 0 Å². The molecule has 1 N–H and O–H groups in total. The second-order valence-electron chi connectivity index (χ2n) is 4.35. The number of carbonyl (C=O) groups is 2. The zero-order valence-electron chi connectivity index (χ0n) is 8.11. The maximum absolute atomic E-state index is 11.6. The van der Waals surface area contributed by atoms with Crippen molar-refractivity contribution in [2.75, 3.05) is 0 Å². The van der Waals surface area contributed by atoms with E-state index in [0.29, 0.717) is 6.42 Å². The van der Waals surface area contributed by atoms with E-state index in [4.69, 9.17) is 9.84 Å². The highest BCUT2D eigenvalue weighted by Crippen LogP contribution is 2.52. The van der Waals surface area contributed by atoms with Crippen LogP contribution in [0, 0.1) is 10.8 Å². The number of carbonyl (C=O) groups excluding carboxylic acids is 1. The monoisotopic (exact) mass is 196 g/mol. The van der Waals surface area contributed by atoms with Crippen LogP contribution in [0.15, 0.2) is 12.2 Å². The van der Waals surface area contributed by atoms with Gasteiger partial charge in [0.2, 0.25) is 0 Å². The summed E-state index contributed by atoms with van der Waals surface area (Å²) in [6, 6.07) is 0. The van der Waals surface area contributed by atoms with Gasteiger partial charge in [0, 0.05) is 6.42 Å². The van der Waals surface area contributed by atoms with Crippen LogP contribution in [-0.2, 0) is 14.3 Å². The van der Waals surface area contributed by atoms with E-state index in [2.05, 4.69) is 0 Å². The number of carboxylic acid groups (broad SMARTS) is 1. The summed E-state index contributed by atoms with van der Waals surface area (Å²) in [7, 11) is 0. The third-order valence-corrected chi connectivity index (χ3v) is 3.55. The Hall–Kier alpha value is -1.32. The molecule has 0 saturated carbocycles. The number of carboxylic acids is 1. The van der Waals surface area contributed by atoms with Crippen LogP contribution in [0.3, 0.4) is 0 Å². The Morgan fingerprint density at radius 2 is 2.29 bits per heavy atom. The molecule has 4 nitrogen and oxygen atoms in total. The Bertz CT molecular complexity index is 346. The summed E-state index contributed by atoms with van der Waals surface area (Å²) in [4.78, 5) is 22.7. The number of aliphatic carboxylic acids is 1. The molecule has 3 atom stereocenters. The van der Waals surface area contributed by atoms with Crippen molar-refractivity contribution in [3.05, 3.63) is 12.2 Å². The van der Waals surface area contributed by atoms with E-state index in [1.165, 1.54) is 0 Å². The molecule has 0 amide bonds. The first kappa shape index (κ1) is 9.24. The van der Waals surface area contributed by atoms with E-state index in [1.807, 2.05) is 0 Å². The van der Waals surface area contributed by atoms with Gasteiger partial charge < -0.3 is 9.84 Å². The molecule has 0 aromatic rings. The second kappa shape index (κ2) is 2.38. The SMILES string of the molecule is CC1(C(=O)O)C=CC2CC1(C)C(=O)O2. The molecule has 0 spiro atoms. The first-order valence-corrected chi connectivity index (χ1v) is 4.54. The van der Waals surface area contributed by atoms with Gasteiger partial charge in [-0.1, -0.05) is 6.08 Å². The summed E-state index contributed by atoms with van der Waals surface area (Å²) in [5.41, 5.74) is -2.06. The van der Waals surface area contributed by atoms with Crippen molar-refractivity contribution in [2.24, 2.45) is 10.8 Å². The van der Waals surface area contributed by atoms with Crippen LogP contribution < -0.4 is 0 Å². The summed E-state index contributed by atoms with van der Waals surface area (Å²) in [6.07, 6.45) is 3.47. The summed E-state index contributed by atoms with van der Waals surface area (Å²) in [5.74, 6) is -1.38. The van der Waals surface area contributed by atoms with Crippen LogP contribution in [0.1, 0.15) is 20.3 Å². The summed E-state index contributed by atoms with van der Waals surface area (Å²) in [5, 5.41) is 9.14. The molecular weight excluding hydrogens is 184 g/mol. The van der Waals surface area contributed by atoms with Gasteiger partial charge in [-0.05, 0) is 19.9 Å². The molecule has 3 unspecified atom stereocenters. The van der Waals surface area contributed by atoms with Crippen molar-refractivity contribution < 1.29 is 19.4 Å². The average Bonchev–Trinajstić information content (AvgIpc) is 2.35. The van der Waals surface area contributed by atoms with E-state index >= 15 is 0 Å². The quantitative estimate of drug-likeness (QED) is 0.501. The Kier molecular flexibility index (Phi) is 1.57. The lowest BCUT2D eigenvalue weighted by molar-refractivity contribution is -0.162. The van der Waals surface area contributed by atoms with Gasteiger partial charge >= 0.3 is 11.9 Å². The van der Waals surface area contributed by atoms with Gasteiger partial charge in [-0.25, -0.2) is 0 Å². The zero-order chi connectivity index (χ0) is 10.6. The molecule has 1 aliphatic heterocycles. The molecule has 0 aromatic heterocycles. The topological polar surface area (TPSA) is 63.6 Å². The molecule has 2 bridgehead atoms. The maximum Gasteiger partial charge on any atom is 0.314 e. The molecular formula is C10H12O4. The van der Waals surface area contributed by atoms with Gasteiger partial charge in [0.05, 0.1) is 10.8 Å². The van der Waals surface area contributed by atoms with Crippen LogP contribution in [-0.4, -0.2) is 23.1 Å². The highest BCUT2D eigenvalue weighted by atomic mass is 16.6. The molecule has 14 heavy (non-hydrogen) atoms. The van der Waals surface area contributed by atoms with Crippen molar-refractivity contribution in [1.29, 1.82) is 0 Å². The zero-order valence-corrected chi connectivity index (χ0v) is 8.11. The number of hydrogen-bond acceptors (Lipinski definition) is 3. The Labute approximate surface area is 81.6 Å². The Morgan fingerprint density at radius 1 is 1.64 bits per heavy atom. The number of esters is 1. The minimum Gasteiger partial charge on any atom is -0.481 e. The van der Waals surface area contributed by atoms with E-state index < -0.39 is 22.8 Å². The summed E-state index contributed by atoms with van der Waals surface area (Å²) >= 11 is 0.